The van der Waals surface area contributed by atoms with Crippen LogP contribution in [0.25, 0.3) is 0 Å². The van der Waals surface area contributed by atoms with Crippen molar-refractivity contribution in [3.63, 3.8) is 0 Å². The van der Waals surface area contributed by atoms with Crippen LogP contribution in [0, 0.1) is 0 Å². The van der Waals surface area contributed by atoms with E-state index in [1.807, 2.05) is 18.2 Å². The summed E-state index contributed by atoms with van der Waals surface area (Å²) in [5.74, 6) is 0.670. The molecule has 0 aromatic heterocycles. The molecule has 1 fully saturated rings. The normalized spacial score (nSPS) is 19.0. The number of carbonyl (C=O) groups excluding carboxylic acids is 1. The second-order valence-corrected chi connectivity index (χ2v) is 8.98. The highest BCUT2D eigenvalue weighted by Crippen LogP contribution is 2.45. The molecule has 1 aliphatic heterocycles. The first-order valence-corrected chi connectivity index (χ1v) is 11.2. The van der Waals surface area contributed by atoms with Crippen LogP contribution in [0.5, 0.6) is 5.75 Å². The Morgan fingerprint density at radius 3 is 2.37 bits per heavy atom. The van der Waals surface area contributed by atoms with Gasteiger partial charge in [-0.05, 0) is 35.4 Å². The number of ether oxygens (including phenoxy) is 1. The van der Waals surface area contributed by atoms with Crippen molar-refractivity contribution in [1.82, 2.24) is 4.90 Å². The van der Waals surface area contributed by atoms with E-state index >= 15 is 0 Å². The summed E-state index contributed by atoms with van der Waals surface area (Å²) in [5, 5.41) is 0.647. The largest absolute Gasteiger partial charge is 0.426 e. The SMILES string of the molecule is CC(=O)Oc1ccc(Cl)cc1C1CN(Cc2ccccc2)C[C@@H]1c1ccccc1Br. The van der Waals surface area contributed by atoms with Gasteiger partial charge in [0, 0.05) is 53.5 Å². The van der Waals surface area contributed by atoms with Gasteiger partial charge in [0.1, 0.15) is 5.75 Å². The van der Waals surface area contributed by atoms with Crippen molar-refractivity contribution in [1.29, 1.82) is 0 Å². The Balaban J connectivity index is 1.72. The van der Waals surface area contributed by atoms with E-state index in [-0.39, 0.29) is 17.8 Å². The Morgan fingerprint density at radius 1 is 1.00 bits per heavy atom. The quantitative estimate of drug-likeness (QED) is 0.309. The monoisotopic (exact) mass is 483 g/mol. The molecule has 1 heterocycles. The van der Waals surface area contributed by atoms with E-state index < -0.39 is 0 Å². The first kappa shape index (κ1) is 21.1. The Morgan fingerprint density at radius 2 is 1.67 bits per heavy atom. The summed E-state index contributed by atoms with van der Waals surface area (Å²) >= 11 is 10.1. The minimum absolute atomic E-state index is 0.153. The van der Waals surface area contributed by atoms with Gasteiger partial charge in [-0.15, -0.1) is 0 Å². The average Bonchev–Trinajstić information content (AvgIpc) is 3.13. The van der Waals surface area contributed by atoms with E-state index in [0.717, 1.165) is 29.7 Å². The van der Waals surface area contributed by atoms with Crippen molar-refractivity contribution in [3.05, 3.63) is 99.0 Å². The molecule has 3 aromatic rings. The van der Waals surface area contributed by atoms with Crippen molar-refractivity contribution in [2.75, 3.05) is 13.1 Å². The summed E-state index contributed by atoms with van der Waals surface area (Å²) in [6.45, 7) is 4.07. The second kappa shape index (κ2) is 9.34. The fraction of sp³-hybridized carbons (Fsp3) is 0.240. The molecule has 0 aliphatic carbocycles. The number of likely N-dealkylation sites (tertiary alicyclic amines) is 1. The maximum absolute atomic E-state index is 11.7. The van der Waals surface area contributed by atoms with Gasteiger partial charge in [0.15, 0.2) is 0 Å². The van der Waals surface area contributed by atoms with Gasteiger partial charge in [-0.3, -0.25) is 9.69 Å². The van der Waals surface area contributed by atoms with E-state index in [1.54, 1.807) is 12.1 Å². The third-order valence-corrected chi connectivity index (χ3v) is 6.53. The van der Waals surface area contributed by atoms with Gasteiger partial charge in [0.05, 0.1) is 0 Å². The molecule has 30 heavy (non-hydrogen) atoms. The minimum Gasteiger partial charge on any atom is -0.426 e. The lowest BCUT2D eigenvalue weighted by Crippen LogP contribution is -2.20. The zero-order chi connectivity index (χ0) is 21.1. The highest BCUT2D eigenvalue weighted by molar-refractivity contribution is 9.10. The van der Waals surface area contributed by atoms with Crippen LogP contribution in [0.2, 0.25) is 5.02 Å². The van der Waals surface area contributed by atoms with E-state index in [0.29, 0.717) is 10.8 Å². The number of halogens is 2. The molecule has 3 nitrogen and oxygen atoms in total. The van der Waals surface area contributed by atoms with E-state index in [9.17, 15) is 4.79 Å². The van der Waals surface area contributed by atoms with Crippen LogP contribution in [0.4, 0.5) is 0 Å². The second-order valence-electron chi connectivity index (χ2n) is 7.69. The maximum Gasteiger partial charge on any atom is 0.308 e. The molecule has 0 N–H and O–H groups in total. The predicted molar refractivity (Wildman–Crippen MR) is 124 cm³/mol. The molecular weight excluding hydrogens is 462 g/mol. The van der Waals surface area contributed by atoms with Crippen molar-refractivity contribution in [3.8, 4) is 5.75 Å². The van der Waals surface area contributed by atoms with Crippen LogP contribution in [-0.2, 0) is 11.3 Å². The molecule has 154 valence electrons. The van der Waals surface area contributed by atoms with Gasteiger partial charge in [0.2, 0.25) is 0 Å². The Hall–Kier alpha value is -2.14. The van der Waals surface area contributed by atoms with Crippen LogP contribution >= 0.6 is 27.5 Å². The van der Waals surface area contributed by atoms with Crippen LogP contribution in [0.1, 0.15) is 35.4 Å². The van der Waals surface area contributed by atoms with E-state index in [1.165, 1.54) is 18.1 Å². The zero-order valence-corrected chi connectivity index (χ0v) is 19.1. The molecule has 0 saturated carbocycles. The number of esters is 1. The average molecular weight is 485 g/mol. The van der Waals surface area contributed by atoms with Crippen molar-refractivity contribution < 1.29 is 9.53 Å². The van der Waals surface area contributed by atoms with E-state index in [2.05, 4.69) is 63.3 Å². The number of hydrogen-bond donors (Lipinski definition) is 0. The lowest BCUT2D eigenvalue weighted by molar-refractivity contribution is -0.131. The Labute approximate surface area is 190 Å². The standard InChI is InChI=1S/C25H23BrClNO2/c1-17(29)30-25-12-11-19(27)13-21(25)23-16-28(14-18-7-3-2-4-8-18)15-22(23)20-9-5-6-10-24(20)26/h2-13,22-23H,14-16H2,1H3/t22-,23?/m1/s1. The molecule has 0 spiro atoms. The highest BCUT2D eigenvalue weighted by Gasteiger charge is 2.37. The maximum atomic E-state index is 11.7. The summed E-state index contributed by atoms with van der Waals surface area (Å²) in [5.41, 5.74) is 3.52. The van der Waals surface area contributed by atoms with Crippen LogP contribution in [0.15, 0.2) is 77.3 Å². The molecule has 0 bridgehead atoms. The van der Waals surface area contributed by atoms with Gasteiger partial charge >= 0.3 is 5.97 Å². The summed E-state index contributed by atoms with van der Waals surface area (Å²) in [4.78, 5) is 14.2. The third-order valence-electron chi connectivity index (χ3n) is 5.57. The Kier molecular flexibility index (Phi) is 6.57. The molecular formula is C25H23BrClNO2. The third kappa shape index (κ3) is 4.77. The first-order chi connectivity index (χ1) is 14.5. The first-order valence-electron chi connectivity index (χ1n) is 10.00. The molecule has 0 amide bonds. The predicted octanol–water partition coefficient (Wildman–Crippen LogP) is 6.41. The van der Waals surface area contributed by atoms with Crippen LogP contribution in [0.3, 0.4) is 0 Å². The lowest BCUT2D eigenvalue weighted by atomic mass is 9.83. The molecule has 1 saturated heterocycles. The fourth-order valence-corrected chi connectivity index (χ4v) is 5.08. The lowest BCUT2D eigenvalue weighted by Gasteiger charge is -2.22. The molecule has 2 atom stereocenters. The smallest absolute Gasteiger partial charge is 0.308 e. The Bertz CT molecular complexity index is 1040. The molecule has 1 aliphatic rings. The fourth-order valence-electron chi connectivity index (χ4n) is 4.32. The molecule has 3 aromatic carbocycles. The zero-order valence-electron chi connectivity index (χ0n) is 16.7. The summed E-state index contributed by atoms with van der Waals surface area (Å²) < 4.78 is 6.65. The highest BCUT2D eigenvalue weighted by atomic mass is 79.9. The van der Waals surface area contributed by atoms with Gasteiger partial charge in [-0.1, -0.05) is 76.1 Å². The summed E-state index contributed by atoms with van der Waals surface area (Å²) in [6.07, 6.45) is 0. The van der Waals surface area contributed by atoms with E-state index in [4.69, 9.17) is 16.3 Å². The van der Waals surface area contributed by atoms with Crippen LogP contribution in [-0.4, -0.2) is 24.0 Å². The molecule has 4 rings (SSSR count). The number of rotatable bonds is 5. The van der Waals surface area contributed by atoms with Gasteiger partial charge in [-0.25, -0.2) is 0 Å². The number of hydrogen-bond acceptors (Lipinski definition) is 3. The molecule has 0 radical (unpaired) electrons. The molecule has 5 heteroatoms. The summed E-state index contributed by atoms with van der Waals surface area (Å²) in [6, 6.07) is 24.4. The van der Waals surface area contributed by atoms with Crippen molar-refractivity contribution in [2.24, 2.45) is 0 Å². The number of carbonyl (C=O) groups is 1. The topological polar surface area (TPSA) is 29.5 Å². The minimum atomic E-state index is -0.324. The van der Waals surface area contributed by atoms with Gasteiger partial charge in [-0.2, -0.15) is 0 Å². The number of nitrogens with zero attached hydrogens (tertiary/aromatic N) is 1. The van der Waals surface area contributed by atoms with Crippen LogP contribution < -0.4 is 4.74 Å². The van der Waals surface area contributed by atoms with Crippen molar-refractivity contribution in [2.45, 2.75) is 25.3 Å². The van der Waals surface area contributed by atoms with Gasteiger partial charge < -0.3 is 4.74 Å². The molecule has 1 unspecified atom stereocenters. The number of benzene rings is 3. The summed E-state index contributed by atoms with van der Waals surface area (Å²) in [7, 11) is 0. The van der Waals surface area contributed by atoms with Crippen molar-refractivity contribution >= 4 is 33.5 Å². The van der Waals surface area contributed by atoms with Gasteiger partial charge in [0.25, 0.3) is 0 Å².